The molecule has 0 spiro atoms. The number of ether oxygens (including phenoxy) is 2. The van der Waals surface area contributed by atoms with E-state index in [0.717, 1.165) is 17.7 Å². The van der Waals surface area contributed by atoms with Crippen LogP contribution in [-0.2, 0) is 13.2 Å². The molecule has 136 valence electrons. The summed E-state index contributed by atoms with van der Waals surface area (Å²) in [6.07, 6.45) is 0.717. The largest absolute Gasteiger partial charge is 0.490 e. The molecule has 0 aliphatic carbocycles. The van der Waals surface area contributed by atoms with Crippen molar-refractivity contribution in [3.8, 4) is 11.5 Å². The first-order chi connectivity index (χ1) is 12.1. The molecule has 2 aromatic rings. The van der Waals surface area contributed by atoms with Crippen LogP contribution in [0.4, 0.5) is 0 Å². The second-order valence-electron chi connectivity index (χ2n) is 5.51. The molecule has 0 bridgehead atoms. The van der Waals surface area contributed by atoms with Gasteiger partial charge in [-0.25, -0.2) is 0 Å². The lowest BCUT2D eigenvalue weighted by atomic mass is 10.2. The molecule has 0 aliphatic rings. The number of benzene rings is 2. The Labute approximate surface area is 158 Å². The number of nitrogens with one attached hydrogen (secondary N) is 1. The average Bonchev–Trinajstić information content (AvgIpc) is 2.60. The van der Waals surface area contributed by atoms with E-state index in [-0.39, 0.29) is 6.61 Å². The van der Waals surface area contributed by atoms with Crippen LogP contribution in [0.25, 0.3) is 0 Å². The van der Waals surface area contributed by atoms with Gasteiger partial charge in [-0.2, -0.15) is 0 Å². The summed E-state index contributed by atoms with van der Waals surface area (Å²) >= 11 is 12.3. The molecule has 0 fully saturated rings. The van der Waals surface area contributed by atoms with Crippen molar-refractivity contribution >= 4 is 23.2 Å². The molecule has 0 saturated carbocycles. The second-order valence-corrected chi connectivity index (χ2v) is 6.35. The van der Waals surface area contributed by atoms with E-state index in [1.807, 2.05) is 43.3 Å². The van der Waals surface area contributed by atoms with E-state index in [2.05, 4.69) is 5.32 Å². The number of aliphatic hydroxyl groups excluding tert-OH is 1. The van der Waals surface area contributed by atoms with Crippen LogP contribution in [0.15, 0.2) is 36.4 Å². The van der Waals surface area contributed by atoms with Gasteiger partial charge in [0.05, 0.1) is 11.6 Å². The molecule has 2 aromatic carbocycles. The Morgan fingerprint density at radius 2 is 1.80 bits per heavy atom. The van der Waals surface area contributed by atoms with Gasteiger partial charge in [-0.15, -0.1) is 0 Å². The third kappa shape index (κ3) is 6.40. The topological polar surface area (TPSA) is 50.7 Å². The van der Waals surface area contributed by atoms with Crippen molar-refractivity contribution in [2.75, 3.05) is 19.8 Å². The fourth-order valence-corrected chi connectivity index (χ4v) is 2.71. The summed E-state index contributed by atoms with van der Waals surface area (Å²) in [4.78, 5) is 0. The van der Waals surface area contributed by atoms with Crippen molar-refractivity contribution in [2.24, 2.45) is 0 Å². The van der Waals surface area contributed by atoms with Gasteiger partial charge in [-0.1, -0.05) is 35.3 Å². The van der Waals surface area contributed by atoms with Crippen LogP contribution in [0.1, 0.15) is 24.5 Å². The molecule has 0 atom stereocenters. The van der Waals surface area contributed by atoms with Gasteiger partial charge in [0, 0.05) is 18.2 Å². The molecule has 0 amide bonds. The lowest BCUT2D eigenvalue weighted by molar-refractivity contribution is 0.269. The monoisotopic (exact) mass is 383 g/mol. The Hall–Kier alpha value is -1.46. The van der Waals surface area contributed by atoms with Gasteiger partial charge in [-0.3, -0.25) is 0 Å². The summed E-state index contributed by atoms with van der Waals surface area (Å²) in [5.41, 5.74) is 2.00. The van der Waals surface area contributed by atoms with E-state index in [1.54, 1.807) is 0 Å². The second kappa shape index (κ2) is 10.5. The first kappa shape index (κ1) is 19.9. The zero-order valence-electron chi connectivity index (χ0n) is 14.2. The van der Waals surface area contributed by atoms with E-state index in [9.17, 15) is 0 Å². The van der Waals surface area contributed by atoms with Gasteiger partial charge < -0.3 is 19.9 Å². The van der Waals surface area contributed by atoms with Crippen LogP contribution >= 0.6 is 23.2 Å². The Balaban J connectivity index is 2.08. The molecule has 0 aliphatic heterocycles. The van der Waals surface area contributed by atoms with Crippen LogP contribution in [0.3, 0.4) is 0 Å². The number of hydrogen-bond acceptors (Lipinski definition) is 4. The first-order valence-corrected chi connectivity index (χ1v) is 9.03. The zero-order chi connectivity index (χ0) is 18.1. The molecule has 0 aromatic heterocycles. The standard InChI is InChI=1S/C19H23Cl2NO3/c1-2-24-18-11-15(12-22-8-3-9-23)10-17(21)19(18)25-13-14-4-6-16(20)7-5-14/h4-7,10-11,22-23H,2-3,8-9,12-13H2,1H3. The van der Waals surface area contributed by atoms with Crippen molar-refractivity contribution in [1.29, 1.82) is 0 Å². The highest BCUT2D eigenvalue weighted by Crippen LogP contribution is 2.37. The lowest BCUT2D eigenvalue weighted by Crippen LogP contribution is -2.15. The van der Waals surface area contributed by atoms with Gasteiger partial charge in [0.2, 0.25) is 0 Å². The molecule has 0 unspecified atom stereocenters. The van der Waals surface area contributed by atoms with Gasteiger partial charge >= 0.3 is 0 Å². The number of halogens is 2. The van der Waals surface area contributed by atoms with Crippen molar-refractivity contribution < 1.29 is 14.6 Å². The molecule has 0 heterocycles. The van der Waals surface area contributed by atoms with Crippen LogP contribution in [-0.4, -0.2) is 24.9 Å². The summed E-state index contributed by atoms with van der Waals surface area (Å²) < 4.78 is 11.6. The molecule has 2 rings (SSSR count). The first-order valence-electron chi connectivity index (χ1n) is 8.28. The highest BCUT2D eigenvalue weighted by molar-refractivity contribution is 6.32. The van der Waals surface area contributed by atoms with Crippen LogP contribution in [0.5, 0.6) is 11.5 Å². The van der Waals surface area contributed by atoms with E-state index < -0.39 is 0 Å². The predicted molar refractivity (Wildman–Crippen MR) is 102 cm³/mol. The van der Waals surface area contributed by atoms with Crippen LogP contribution < -0.4 is 14.8 Å². The zero-order valence-corrected chi connectivity index (χ0v) is 15.7. The normalized spacial score (nSPS) is 10.7. The van der Waals surface area contributed by atoms with Gasteiger partial charge in [-0.05, 0) is 55.3 Å². The predicted octanol–water partition coefficient (Wildman–Crippen LogP) is 4.44. The molecular formula is C19H23Cl2NO3. The summed E-state index contributed by atoms with van der Waals surface area (Å²) in [5.74, 6) is 1.17. The number of hydrogen-bond donors (Lipinski definition) is 2. The molecule has 25 heavy (non-hydrogen) atoms. The summed E-state index contributed by atoms with van der Waals surface area (Å²) in [6.45, 7) is 4.39. The molecule has 4 nitrogen and oxygen atoms in total. The minimum atomic E-state index is 0.176. The summed E-state index contributed by atoms with van der Waals surface area (Å²) in [6, 6.07) is 11.3. The highest BCUT2D eigenvalue weighted by atomic mass is 35.5. The van der Waals surface area contributed by atoms with Gasteiger partial charge in [0.25, 0.3) is 0 Å². The smallest absolute Gasteiger partial charge is 0.180 e. The highest BCUT2D eigenvalue weighted by Gasteiger charge is 2.13. The van der Waals surface area contributed by atoms with E-state index in [4.69, 9.17) is 37.8 Å². The van der Waals surface area contributed by atoms with Crippen LogP contribution in [0, 0.1) is 0 Å². The van der Waals surface area contributed by atoms with Crippen molar-refractivity contribution in [3.63, 3.8) is 0 Å². The third-order valence-electron chi connectivity index (χ3n) is 3.51. The maximum atomic E-state index is 8.82. The van der Waals surface area contributed by atoms with E-state index >= 15 is 0 Å². The van der Waals surface area contributed by atoms with Crippen molar-refractivity contribution in [2.45, 2.75) is 26.5 Å². The molecule has 2 N–H and O–H groups in total. The Morgan fingerprint density at radius 3 is 2.48 bits per heavy atom. The Morgan fingerprint density at radius 1 is 1.04 bits per heavy atom. The quantitative estimate of drug-likeness (QED) is 0.595. The number of aliphatic hydroxyl groups is 1. The number of rotatable bonds is 10. The Kier molecular flexibility index (Phi) is 8.35. The third-order valence-corrected chi connectivity index (χ3v) is 4.04. The van der Waals surface area contributed by atoms with Crippen LogP contribution in [0.2, 0.25) is 10.0 Å². The Bertz CT molecular complexity index is 662. The SMILES string of the molecule is CCOc1cc(CNCCCO)cc(Cl)c1OCc1ccc(Cl)cc1. The van der Waals surface area contributed by atoms with Crippen molar-refractivity contribution in [1.82, 2.24) is 5.32 Å². The minimum absolute atomic E-state index is 0.176. The van der Waals surface area contributed by atoms with Gasteiger partial charge in [0.15, 0.2) is 11.5 Å². The fourth-order valence-electron chi connectivity index (χ4n) is 2.30. The minimum Gasteiger partial charge on any atom is -0.490 e. The van der Waals surface area contributed by atoms with Gasteiger partial charge in [0.1, 0.15) is 6.61 Å². The van der Waals surface area contributed by atoms with E-state index in [1.165, 1.54) is 0 Å². The molecule has 6 heteroatoms. The molecule has 0 radical (unpaired) electrons. The molecule has 0 saturated heterocycles. The lowest BCUT2D eigenvalue weighted by Gasteiger charge is -2.16. The van der Waals surface area contributed by atoms with Crippen molar-refractivity contribution in [3.05, 3.63) is 57.6 Å². The van der Waals surface area contributed by atoms with E-state index in [0.29, 0.717) is 47.7 Å². The summed E-state index contributed by atoms with van der Waals surface area (Å²) in [5, 5.41) is 13.3. The summed E-state index contributed by atoms with van der Waals surface area (Å²) in [7, 11) is 0. The fraction of sp³-hybridized carbons (Fsp3) is 0.368. The maximum absolute atomic E-state index is 8.82. The average molecular weight is 384 g/mol. The molecular weight excluding hydrogens is 361 g/mol. The maximum Gasteiger partial charge on any atom is 0.180 e.